The van der Waals surface area contributed by atoms with Crippen molar-refractivity contribution < 1.29 is 34.9 Å². The van der Waals surface area contributed by atoms with Crippen molar-refractivity contribution in [1.82, 2.24) is 34.9 Å². The fraction of sp³-hybridized carbons (Fsp3) is 0.341. The van der Waals surface area contributed by atoms with Crippen molar-refractivity contribution in [3.8, 4) is 22.8 Å². The van der Waals surface area contributed by atoms with E-state index in [1.54, 1.807) is 4.68 Å². The zero-order valence-corrected chi connectivity index (χ0v) is 29.4. The first kappa shape index (κ1) is 26.6. The van der Waals surface area contributed by atoms with Gasteiger partial charge in [-0.25, -0.2) is 14.6 Å². The molecular weight excluding hydrogens is 699 g/mol. The third-order valence-corrected chi connectivity index (χ3v) is 10.5. The Hall–Kier alpha value is -6.15. The lowest BCUT2D eigenvalue weighted by Crippen LogP contribution is -2.54. The Morgan fingerprint density at radius 3 is 2.29 bits per heavy atom. The molecule has 0 spiro atoms. The van der Waals surface area contributed by atoms with E-state index in [1.165, 1.54) is 6.33 Å². The van der Waals surface area contributed by atoms with Crippen LogP contribution in [0.2, 0.25) is 0 Å². The summed E-state index contributed by atoms with van der Waals surface area (Å²) in [5.74, 6) is -1.97. The molecule has 5 heterocycles. The average Bonchev–Trinajstić information content (AvgIpc) is 3.75. The number of imide groups is 2. The van der Waals surface area contributed by atoms with Gasteiger partial charge in [-0.15, -0.1) is 0 Å². The highest BCUT2D eigenvalue weighted by atomic mass is 16.5. The first-order chi connectivity index (χ1) is 29.8. The second kappa shape index (κ2) is 14.3. The number of nitrogens with one attached hydrogen (secondary N) is 1. The molecule has 1 saturated carbocycles. The summed E-state index contributed by atoms with van der Waals surface area (Å²) in [4.78, 5) is 61.7. The van der Waals surface area contributed by atoms with Gasteiger partial charge in [0, 0.05) is 55.7 Å². The molecule has 1 atom stereocenters. The molecule has 4 amide bonds. The van der Waals surface area contributed by atoms with Crippen molar-refractivity contribution in [2.24, 2.45) is 5.92 Å². The Balaban J connectivity index is 0.934. The van der Waals surface area contributed by atoms with E-state index in [-0.39, 0.29) is 48.3 Å². The van der Waals surface area contributed by atoms with Gasteiger partial charge in [0.15, 0.2) is 5.65 Å². The zero-order chi connectivity index (χ0) is 44.8. The van der Waals surface area contributed by atoms with E-state index in [9.17, 15) is 19.2 Å². The van der Waals surface area contributed by atoms with Gasteiger partial charge in [0.05, 0.1) is 28.0 Å². The minimum absolute atomic E-state index is 0.106. The van der Waals surface area contributed by atoms with Crippen LogP contribution in [0.3, 0.4) is 0 Å². The van der Waals surface area contributed by atoms with E-state index in [1.807, 2.05) is 54.6 Å². The maximum Gasteiger partial charge on any atom is 0.262 e. The first-order valence-electron chi connectivity index (χ1n) is 22.1. The van der Waals surface area contributed by atoms with Crippen molar-refractivity contribution in [2.75, 3.05) is 43.2 Å². The second-order valence-electron chi connectivity index (χ2n) is 13.9. The largest absolute Gasteiger partial charge is 0.457 e. The van der Waals surface area contributed by atoms with Crippen LogP contribution in [-0.2, 0) is 9.59 Å². The number of anilines is 2. The topological polar surface area (TPSA) is 169 Å². The van der Waals surface area contributed by atoms with Crippen LogP contribution >= 0.6 is 0 Å². The van der Waals surface area contributed by atoms with Crippen LogP contribution in [-0.4, -0.2) is 91.8 Å². The molecule has 280 valence electrons. The zero-order valence-electron chi connectivity index (χ0n) is 37.4. The van der Waals surface area contributed by atoms with Crippen LogP contribution in [0.5, 0.6) is 11.5 Å². The summed E-state index contributed by atoms with van der Waals surface area (Å²) in [7, 11) is 0. The van der Waals surface area contributed by atoms with E-state index in [4.69, 9.17) is 26.5 Å². The monoisotopic (exact) mass is 747 g/mol. The Labute approximate surface area is 328 Å². The normalized spacial score (nSPS) is 27.7. The van der Waals surface area contributed by atoms with Gasteiger partial charge >= 0.3 is 0 Å². The smallest absolute Gasteiger partial charge is 0.262 e. The number of nitrogens with zero attached hydrogens (tertiary/aromatic N) is 7. The van der Waals surface area contributed by atoms with Gasteiger partial charge in [0.2, 0.25) is 11.8 Å². The van der Waals surface area contributed by atoms with Crippen LogP contribution < -0.4 is 20.7 Å². The second-order valence-corrected chi connectivity index (χ2v) is 13.9. The number of rotatable bonds is 8. The quantitative estimate of drug-likeness (QED) is 0.209. The summed E-state index contributed by atoms with van der Waals surface area (Å²) >= 11 is 0. The number of carbonyl (C=O) groups excluding carboxylic acids is 4. The molecule has 14 heteroatoms. The average molecular weight is 748 g/mol. The number of hydrogen-bond acceptors (Lipinski definition) is 11. The molecule has 2 saturated heterocycles. The van der Waals surface area contributed by atoms with E-state index in [2.05, 4.69) is 15.3 Å². The standard InChI is InChI=1S/C41H41N9O5/c42-37-35-36(26-8-13-30(14-9-26)55-29-4-2-1-3-5-29)46-50(38(35)44-24-43-37)27-10-6-25(7-11-27)23-47-18-20-48(21-19-47)28-12-15-31-32(22-28)41(54)49(40(31)53)33-16-17-34(51)45-39(33)52/h1-5,8-9,12-15,22,24-25,27,33H,6-7,10-11,16-21,23H2,(H2,42,43,44)(H,45,51,52)/i18D2,19D2,20D2,21D2. The lowest BCUT2D eigenvalue weighted by molar-refractivity contribution is -0.136. The summed E-state index contributed by atoms with van der Waals surface area (Å²) in [6, 6.07) is 18.6. The fourth-order valence-corrected chi connectivity index (χ4v) is 7.68. The molecule has 9 rings (SSSR count). The highest BCUT2D eigenvalue weighted by Gasteiger charge is 2.45. The maximum atomic E-state index is 13.6. The van der Waals surface area contributed by atoms with Gasteiger partial charge in [-0.3, -0.25) is 34.3 Å². The molecule has 4 aliphatic rings. The number of piperidine rings is 1. The first-order valence-corrected chi connectivity index (χ1v) is 18.1. The van der Waals surface area contributed by atoms with Crippen LogP contribution in [0, 0.1) is 5.92 Å². The number of benzene rings is 3. The minimum Gasteiger partial charge on any atom is -0.457 e. The predicted molar refractivity (Wildman–Crippen MR) is 204 cm³/mol. The van der Waals surface area contributed by atoms with Crippen LogP contribution in [0.25, 0.3) is 22.3 Å². The lowest BCUT2D eigenvalue weighted by Gasteiger charge is -2.39. The third-order valence-electron chi connectivity index (χ3n) is 10.5. The molecule has 3 aromatic carbocycles. The SMILES string of the molecule is [2H]C1([2H])N(CC2CCC(n3nc(-c4ccc(Oc5ccccc5)cc4)c4c(N)ncnc43)CC2)C([2H])([2H])C([2H])([2H])N(c2ccc3c(c2)C(=O)N(C2CCC(=O)NC2=O)C3=O)C1([2H])[2H]. The van der Waals surface area contributed by atoms with Gasteiger partial charge in [0.1, 0.15) is 35.4 Å². The Morgan fingerprint density at radius 2 is 1.55 bits per heavy atom. The number of ether oxygens (including phenoxy) is 1. The molecule has 0 radical (unpaired) electrons. The van der Waals surface area contributed by atoms with Crippen LogP contribution in [0.1, 0.15) is 76.2 Å². The number of hydrogen-bond donors (Lipinski definition) is 2. The minimum atomic E-state index is -3.24. The summed E-state index contributed by atoms with van der Waals surface area (Å²) in [5, 5.41) is 7.65. The van der Waals surface area contributed by atoms with Gasteiger partial charge in [-0.05, 0) is 92.6 Å². The maximum absolute atomic E-state index is 13.6. The molecule has 2 aromatic heterocycles. The van der Waals surface area contributed by atoms with Gasteiger partial charge in [-0.1, -0.05) is 18.2 Å². The van der Waals surface area contributed by atoms with E-state index in [0.717, 1.165) is 23.8 Å². The number of fused-ring (bicyclic) bond motifs is 2. The number of nitrogens with two attached hydrogens (primary N) is 1. The Bertz CT molecular complexity index is 2650. The van der Waals surface area contributed by atoms with Crippen LogP contribution in [0.15, 0.2) is 79.1 Å². The van der Waals surface area contributed by atoms with Crippen molar-refractivity contribution in [1.29, 1.82) is 0 Å². The van der Waals surface area contributed by atoms with Crippen molar-refractivity contribution in [3.05, 3.63) is 90.3 Å². The van der Waals surface area contributed by atoms with Crippen molar-refractivity contribution in [3.63, 3.8) is 0 Å². The van der Waals surface area contributed by atoms with Crippen molar-refractivity contribution in [2.45, 2.75) is 50.6 Å². The molecule has 55 heavy (non-hydrogen) atoms. The summed E-state index contributed by atoms with van der Waals surface area (Å²) in [6.45, 7) is -13.1. The number of aromatic nitrogens is 4. The molecule has 5 aromatic rings. The van der Waals surface area contributed by atoms with E-state index in [0.29, 0.717) is 68.6 Å². The third kappa shape index (κ3) is 6.56. The van der Waals surface area contributed by atoms with Gasteiger partial charge in [0.25, 0.3) is 11.8 Å². The predicted octanol–water partition coefficient (Wildman–Crippen LogP) is 4.82. The van der Waals surface area contributed by atoms with E-state index >= 15 is 0 Å². The highest BCUT2D eigenvalue weighted by molar-refractivity contribution is 6.23. The molecule has 3 aliphatic heterocycles. The molecule has 3 N–H and O–H groups in total. The molecule has 0 bridgehead atoms. The Kier molecular flexibility index (Phi) is 6.89. The summed E-state index contributed by atoms with van der Waals surface area (Å²) in [5.41, 5.74) is 7.40. The molecule has 3 fully saturated rings. The summed E-state index contributed by atoms with van der Waals surface area (Å²) in [6.07, 6.45) is 3.05. The molecule has 1 unspecified atom stereocenters. The number of nitrogen functional groups attached to an aromatic ring is 1. The number of piperazine rings is 1. The van der Waals surface area contributed by atoms with E-state index < -0.39 is 61.3 Å². The highest BCUT2D eigenvalue weighted by Crippen LogP contribution is 2.39. The number of para-hydroxylation sites is 1. The molecular formula is C41H41N9O5. The fourth-order valence-electron chi connectivity index (χ4n) is 7.68. The number of amides is 4. The Morgan fingerprint density at radius 1 is 0.818 bits per heavy atom. The van der Waals surface area contributed by atoms with Gasteiger partial charge in [-0.2, -0.15) is 5.10 Å². The molecule has 1 aliphatic carbocycles. The summed E-state index contributed by atoms with van der Waals surface area (Å²) < 4.78 is 80.5. The molecule has 14 nitrogen and oxygen atoms in total. The van der Waals surface area contributed by atoms with Crippen LogP contribution in [0.4, 0.5) is 11.5 Å². The van der Waals surface area contributed by atoms with Gasteiger partial charge < -0.3 is 15.4 Å². The van der Waals surface area contributed by atoms with Crippen molar-refractivity contribution >= 4 is 46.2 Å². The lowest BCUT2D eigenvalue weighted by atomic mass is 9.85. The number of carbonyl (C=O) groups is 4.